The molecule has 1 amide bonds. The van der Waals surface area contributed by atoms with Crippen LogP contribution in [0.4, 0.5) is 0 Å². The quantitative estimate of drug-likeness (QED) is 0.784. The number of nitrogens with two attached hydrogens (primary N) is 1. The third-order valence-electron chi connectivity index (χ3n) is 3.52. The number of halogens is 2. The molecule has 1 heterocycles. The number of carbonyl (C=O) groups is 1. The first-order valence-electron chi connectivity index (χ1n) is 6.42. The number of rotatable bonds is 2. The van der Waals surface area contributed by atoms with Crippen LogP contribution in [0.2, 0.25) is 0 Å². The maximum absolute atomic E-state index is 12.6. The lowest BCUT2D eigenvalue weighted by atomic mass is 9.96. The van der Waals surface area contributed by atoms with Gasteiger partial charge in [0.15, 0.2) is 0 Å². The van der Waals surface area contributed by atoms with Crippen molar-refractivity contribution in [2.45, 2.75) is 38.3 Å². The Morgan fingerprint density at radius 3 is 2.74 bits per heavy atom. The maximum atomic E-state index is 12.6. The summed E-state index contributed by atoms with van der Waals surface area (Å²) < 4.78 is 1.01. The van der Waals surface area contributed by atoms with Crippen molar-refractivity contribution in [2.24, 2.45) is 5.73 Å². The molecule has 2 rings (SSSR count). The smallest absolute Gasteiger partial charge is 0.255 e. The molecule has 19 heavy (non-hydrogen) atoms. The number of benzene rings is 1. The average Bonchev–Trinajstić information content (AvgIpc) is 2.38. The SMILES string of the molecule is CC(N)C1CCCCN1C(=O)c1ccccc1I.Cl. The Labute approximate surface area is 134 Å². The summed E-state index contributed by atoms with van der Waals surface area (Å²) in [6.45, 7) is 2.82. The first kappa shape index (κ1) is 16.7. The standard InChI is InChI=1S/C14H19IN2O.ClH/c1-10(16)13-8-4-5-9-17(13)14(18)11-6-2-3-7-12(11)15;/h2-3,6-7,10,13H,4-5,8-9,16H2,1H3;1H. The molecule has 0 saturated carbocycles. The molecule has 1 aliphatic rings. The molecule has 0 aromatic heterocycles. The van der Waals surface area contributed by atoms with Gasteiger partial charge in [0.2, 0.25) is 0 Å². The van der Waals surface area contributed by atoms with Crippen molar-refractivity contribution in [3.05, 3.63) is 33.4 Å². The molecule has 0 spiro atoms. The Hall–Kier alpha value is -0.330. The van der Waals surface area contributed by atoms with E-state index in [1.807, 2.05) is 36.1 Å². The predicted octanol–water partition coefficient (Wildman–Crippen LogP) is 3.05. The van der Waals surface area contributed by atoms with Gasteiger partial charge in [-0.25, -0.2) is 0 Å². The van der Waals surface area contributed by atoms with Crippen LogP contribution in [0.5, 0.6) is 0 Å². The minimum atomic E-state index is 0. The molecule has 1 aromatic carbocycles. The first-order chi connectivity index (χ1) is 8.61. The lowest BCUT2D eigenvalue weighted by Gasteiger charge is -2.38. The van der Waals surface area contributed by atoms with Gasteiger partial charge < -0.3 is 10.6 Å². The van der Waals surface area contributed by atoms with Crippen LogP contribution in [0.3, 0.4) is 0 Å². The summed E-state index contributed by atoms with van der Waals surface area (Å²) in [5.74, 6) is 0.127. The van der Waals surface area contributed by atoms with Gasteiger partial charge in [0, 0.05) is 22.2 Å². The fraction of sp³-hybridized carbons (Fsp3) is 0.500. The van der Waals surface area contributed by atoms with Gasteiger partial charge in [-0.2, -0.15) is 0 Å². The third kappa shape index (κ3) is 3.83. The van der Waals surface area contributed by atoms with Crippen LogP contribution in [0, 0.1) is 3.57 Å². The molecule has 106 valence electrons. The zero-order valence-corrected chi connectivity index (χ0v) is 14.0. The van der Waals surface area contributed by atoms with E-state index in [4.69, 9.17) is 5.73 Å². The highest BCUT2D eigenvalue weighted by molar-refractivity contribution is 14.1. The number of likely N-dealkylation sites (tertiary alicyclic amines) is 1. The molecule has 2 N–H and O–H groups in total. The molecule has 1 saturated heterocycles. The minimum absolute atomic E-state index is 0. The molecule has 1 fully saturated rings. The highest BCUT2D eigenvalue weighted by atomic mass is 127. The van der Waals surface area contributed by atoms with E-state index in [0.717, 1.165) is 28.5 Å². The maximum Gasteiger partial charge on any atom is 0.255 e. The van der Waals surface area contributed by atoms with Crippen LogP contribution in [-0.4, -0.2) is 29.4 Å². The molecular formula is C14H20ClIN2O. The molecule has 1 aliphatic heterocycles. The van der Waals surface area contributed by atoms with E-state index in [2.05, 4.69) is 22.6 Å². The number of piperidine rings is 1. The lowest BCUT2D eigenvalue weighted by Crippen LogP contribution is -2.51. The molecule has 5 heteroatoms. The molecule has 3 nitrogen and oxygen atoms in total. The molecule has 2 unspecified atom stereocenters. The Morgan fingerprint density at radius 1 is 1.42 bits per heavy atom. The van der Waals surface area contributed by atoms with E-state index in [-0.39, 0.29) is 30.4 Å². The minimum Gasteiger partial charge on any atom is -0.334 e. The molecule has 0 radical (unpaired) electrons. The zero-order chi connectivity index (χ0) is 13.1. The van der Waals surface area contributed by atoms with Crippen LogP contribution in [0.15, 0.2) is 24.3 Å². The van der Waals surface area contributed by atoms with Crippen LogP contribution in [0.1, 0.15) is 36.5 Å². The number of hydrogen-bond acceptors (Lipinski definition) is 2. The normalized spacial score (nSPS) is 20.6. The van der Waals surface area contributed by atoms with E-state index in [9.17, 15) is 4.79 Å². The second-order valence-electron chi connectivity index (χ2n) is 4.90. The van der Waals surface area contributed by atoms with Gasteiger partial charge in [-0.05, 0) is 60.9 Å². The number of nitrogens with zero attached hydrogens (tertiary/aromatic N) is 1. The van der Waals surface area contributed by atoms with Crippen molar-refractivity contribution in [1.82, 2.24) is 4.90 Å². The van der Waals surface area contributed by atoms with Crippen molar-refractivity contribution < 1.29 is 4.79 Å². The van der Waals surface area contributed by atoms with Gasteiger partial charge in [-0.3, -0.25) is 4.79 Å². The van der Waals surface area contributed by atoms with Crippen molar-refractivity contribution in [3.8, 4) is 0 Å². The lowest BCUT2D eigenvalue weighted by molar-refractivity contribution is 0.0582. The average molecular weight is 395 g/mol. The van der Waals surface area contributed by atoms with Crippen molar-refractivity contribution in [1.29, 1.82) is 0 Å². The largest absolute Gasteiger partial charge is 0.334 e. The van der Waals surface area contributed by atoms with E-state index >= 15 is 0 Å². The molecule has 0 aliphatic carbocycles. The van der Waals surface area contributed by atoms with E-state index in [1.165, 1.54) is 6.42 Å². The number of amides is 1. The van der Waals surface area contributed by atoms with Gasteiger partial charge >= 0.3 is 0 Å². The van der Waals surface area contributed by atoms with Crippen LogP contribution in [0.25, 0.3) is 0 Å². The fourth-order valence-corrected chi connectivity index (χ4v) is 3.16. The summed E-state index contributed by atoms with van der Waals surface area (Å²) in [4.78, 5) is 14.6. The summed E-state index contributed by atoms with van der Waals surface area (Å²) in [5.41, 5.74) is 6.81. The summed E-state index contributed by atoms with van der Waals surface area (Å²) >= 11 is 2.22. The second-order valence-corrected chi connectivity index (χ2v) is 6.06. The Kier molecular flexibility index (Phi) is 6.56. The van der Waals surface area contributed by atoms with E-state index in [1.54, 1.807) is 0 Å². The zero-order valence-electron chi connectivity index (χ0n) is 11.0. The summed E-state index contributed by atoms with van der Waals surface area (Å²) in [6, 6.07) is 7.96. The monoisotopic (exact) mass is 394 g/mol. The third-order valence-corrected chi connectivity index (χ3v) is 4.46. The Bertz CT molecular complexity index is 439. The summed E-state index contributed by atoms with van der Waals surface area (Å²) in [7, 11) is 0. The highest BCUT2D eigenvalue weighted by Gasteiger charge is 2.30. The van der Waals surface area contributed by atoms with Gasteiger partial charge in [0.1, 0.15) is 0 Å². The summed E-state index contributed by atoms with van der Waals surface area (Å²) in [6.07, 6.45) is 3.27. The van der Waals surface area contributed by atoms with Gasteiger partial charge in [0.05, 0.1) is 5.56 Å². The first-order valence-corrected chi connectivity index (χ1v) is 7.50. The van der Waals surface area contributed by atoms with Gasteiger partial charge in [0.25, 0.3) is 5.91 Å². The predicted molar refractivity (Wildman–Crippen MR) is 88.7 cm³/mol. The van der Waals surface area contributed by atoms with Gasteiger partial charge in [-0.1, -0.05) is 12.1 Å². The van der Waals surface area contributed by atoms with Crippen LogP contribution < -0.4 is 5.73 Å². The number of carbonyl (C=O) groups excluding carboxylic acids is 1. The van der Waals surface area contributed by atoms with Crippen molar-refractivity contribution >= 4 is 40.9 Å². The Balaban J connectivity index is 0.00000180. The fourth-order valence-electron chi connectivity index (χ4n) is 2.55. The van der Waals surface area contributed by atoms with E-state index in [0.29, 0.717) is 0 Å². The molecule has 1 aromatic rings. The summed E-state index contributed by atoms with van der Waals surface area (Å²) in [5, 5.41) is 0. The second kappa shape index (κ2) is 7.45. The van der Waals surface area contributed by atoms with Gasteiger partial charge in [-0.15, -0.1) is 12.4 Å². The van der Waals surface area contributed by atoms with Crippen LogP contribution >= 0.6 is 35.0 Å². The molecule has 0 bridgehead atoms. The van der Waals surface area contributed by atoms with Crippen LogP contribution in [-0.2, 0) is 0 Å². The van der Waals surface area contributed by atoms with E-state index < -0.39 is 0 Å². The Morgan fingerprint density at radius 2 is 2.11 bits per heavy atom. The topological polar surface area (TPSA) is 46.3 Å². The van der Waals surface area contributed by atoms with Crippen molar-refractivity contribution in [3.63, 3.8) is 0 Å². The number of hydrogen-bond donors (Lipinski definition) is 1. The van der Waals surface area contributed by atoms with Crippen molar-refractivity contribution in [2.75, 3.05) is 6.54 Å². The molecular weight excluding hydrogens is 375 g/mol. The highest BCUT2D eigenvalue weighted by Crippen LogP contribution is 2.23. The molecule has 2 atom stereocenters.